The van der Waals surface area contributed by atoms with E-state index in [2.05, 4.69) is 4.98 Å². The van der Waals surface area contributed by atoms with Gasteiger partial charge in [0, 0.05) is 4.98 Å². The van der Waals surface area contributed by atoms with Crippen LogP contribution in [0.25, 0.3) is 0 Å². The summed E-state index contributed by atoms with van der Waals surface area (Å²) in [7, 11) is 0. The third kappa shape index (κ3) is 2.50. The number of nitrogens with zero attached hydrogens (tertiary/aromatic N) is 3. The molecule has 17 heavy (non-hydrogen) atoms. The van der Waals surface area contributed by atoms with Gasteiger partial charge in [0.1, 0.15) is 25.5 Å². The number of carboxylic acid groups (broad SMARTS) is 1. The molecule has 0 radical (unpaired) electrons. The van der Waals surface area contributed by atoms with Crippen molar-refractivity contribution in [1.29, 1.82) is 0 Å². The summed E-state index contributed by atoms with van der Waals surface area (Å²) in [5, 5.41) is 18.9. The second kappa shape index (κ2) is 4.37. The molecule has 2 heterocycles. The Balaban J connectivity index is 2.03. The molecule has 1 aliphatic heterocycles. The van der Waals surface area contributed by atoms with Gasteiger partial charge in [-0.05, 0) is 4.92 Å². The van der Waals surface area contributed by atoms with Crippen molar-refractivity contribution in [3.63, 3.8) is 0 Å². The number of rotatable bonds is 4. The van der Waals surface area contributed by atoms with Gasteiger partial charge in [-0.2, -0.15) is 0 Å². The molecule has 92 valence electrons. The Labute approximate surface area is 94.7 Å². The molecule has 9 nitrogen and oxygen atoms in total. The first-order valence-corrected chi connectivity index (χ1v) is 4.74. The maximum Gasteiger partial charge on any atom is 0.414 e. The molecule has 0 bridgehead atoms. The molecule has 0 spiro atoms. The number of aromatic nitrogens is 2. The van der Waals surface area contributed by atoms with Crippen LogP contribution in [0.3, 0.4) is 0 Å². The van der Waals surface area contributed by atoms with Gasteiger partial charge < -0.3 is 24.7 Å². The Hall–Kier alpha value is -2.16. The van der Waals surface area contributed by atoms with Crippen molar-refractivity contribution >= 4 is 11.8 Å². The molecule has 1 aliphatic rings. The van der Waals surface area contributed by atoms with Crippen LogP contribution in [0.4, 0.5) is 5.82 Å². The Bertz CT molecular complexity index is 456. The van der Waals surface area contributed by atoms with Crippen LogP contribution < -0.4 is 4.74 Å². The topological polar surface area (TPSA) is 117 Å². The Morgan fingerprint density at radius 2 is 2.59 bits per heavy atom. The molecule has 2 rings (SSSR count). The molecular formula is C8H9N3O6. The smallest absolute Gasteiger partial charge is 0.414 e. The predicted molar refractivity (Wildman–Crippen MR) is 51.8 cm³/mol. The van der Waals surface area contributed by atoms with Crippen molar-refractivity contribution in [2.24, 2.45) is 0 Å². The minimum absolute atomic E-state index is 0.126. The van der Waals surface area contributed by atoms with Crippen LogP contribution in [0.5, 0.6) is 6.01 Å². The second-order valence-corrected chi connectivity index (χ2v) is 3.43. The van der Waals surface area contributed by atoms with Crippen LogP contribution in [0.1, 0.15) is 0 Å². The highest BCUT2D eigenvalue weighted by Crippen LogP contribution is 2.22. The SMILES string of the molecule is O=C(O)CO[C@@H]1COc2nc([N+](=O)[O-])cn2C1. The average molecular weight is 243 g/mol. The number of fused-ring (bicyclic) bond motifs is 1. The molecule has 1 aromatic heterocycles. The fourth-order valence-electron chi connectivity index (χ4n) is 1.45. The molecule has 0 amide bonds. The summed E-state index contributed by atoms with van der Waals surface area (Å²) in [6, 6.07) is 0.145. The first-order valence-electron chi connectivity index (χ1n) is 4.74. The quantitative estimate of drug-likeness (QED) is 0.567. The molecule has 0 saturated carbocycles. The van der Waals surface area contributed by atoms with Crippen molar-refractivity contribution in [2.75, 3.05) is 13.2 Å². The van der Waals surface area contributed by atoms with E-state index in [1.165, 1.54) is 10.8 Å². The zero-order valence-corrected chi connectivity index (χ0v) is 8.61. The number of carboxylic acids is 1. The van der Waals surface area contributed by atoms with Gasteiger partial charge in [-0.1, -0.05) is 0 Å². The standard InChI is InChI=1S/C8H9N3O6/c12-7(13)4-16-5-1-10-2-6(11(14)15)9-8(10)17-3-5/h2,5H,1,3-4H2,(H,12,13)/t5-/m0/s1. The Morgan fingerprint density at radius 3 is 3.24 bits per heavy atom. The summed E-state index contributed by atoms with van der Waals surface area (Å²) in [4.78, 5) is 23.8. The molecule has 0 aliphatic carbocycles. The summed E-state index contributed by atoms with van der Waals surface area (Å²) < 4.78 is 11.6. The highest BCUT2D eigenvalue weighted by atomic mass is 16.6. The minimum atomic E-state index is -1.08. The van der Waals surface area contributed by atoms with E-state index in [0.29, 0.717) is 0 Å². The largest absolute Gasteiger partial charge is 0.480 e. The average Bonchev–Trinajstić information content (AvgIpc) is 2.69. The van der Waals surface area contributed by atoms with Crippen LogP contribution in [0.15, 0.2) is 6.20 Å². The van der Waals surface area contributed by atoms with Crippen LogP contribution in [-0.2, 0) is 16.1 Å². The fourth-order valence-corrected chi connectivity index (χ4v) is 1.45. The first-order chi connectivity index (χ1) is 8.06. The molecule has 9 heteroatoms. The van der Waals surface area contributed by atoms with Gasteiger partial charge in [0.15, 0.2) is 0 Å². The van der Waals surface area contributed by atoms with Crippen LogP contribution >= 0.6 is 0 Å². The molecule has 1 atom stereocenters. The molecule has 1 aromatic rings. The van der Waals surface area contributed by atoms with E-state index in [1.54, 1.807) is 0 Å². The maximum atomic E-state index is 10.5. The molecule has 1 N–H and O–H groups in total. The van der Waals surface area contributed by atoms with E-state index in [-0.39, 0.29) is 25.0 Å². The van der Waals surface area contributed by atoms with Gasteiger partial charge in [-0.3, -0.25) is 4.57 Å². The summed E-state index contributed by atoms with van der Waals surface area (Å²) in [6.07, 6.45) is 0.776. The van der Waals surface area contributed by atoms with Crippen molar-refractivity contribution in [3.05, 3.63) is 16.3 Å². The van der Waals surface area contributed by atoms with Crippen molar-refractivity contribution in [1.82, 2.24) is 9.55 Å². The van der Waals surface area contributed by atoms with E-state index >= 15 is 0 Å². The minimum Gasteiger partial charge on any atom is -0.480 e. The van der Waals surface area contributed by atoms with E-state index < -0.39 is 23.6 Å². The van der Waals surface area contributed by atoms with Crippen LogP contribution in [-0.4, -0.2) is 44.9 Å². The number of carbonyl (C=O) groups is 1. The highest BCUT2D eigenvalue weighted by Gasteiger charge is 2.28. The normalized spacial score (nSPS) is 18.2. The second-order valence-electron chi connectivity index (χ2n) is 3.43. The monoisotopic (exact) mass is 243 g/mol. The lowest BCUT2D eigenvalue weighted by molar-refractivity contribution is -0.389. The van der Waals surface area contributed by atoms with Gasteiger partial charge in [0.2, 0.25) is 0 Å². The zero-order valence-electron chi connectivity index (χ0n) is 8.61. The molecule has 0 saturated heterocycles. The number of hydrogen-bond acceptors (Lipinski definition) is 6. The molecule has 0 unspecified atom stereocenters. The summed E-state index contributed by atoms with van der Waals surface area (Å²) >= 11 is 0. The van der Waals surface area contributed by atoms with Gasteiger partial charge in [0.05, 0.1) is 6.54 Å². The lowest BCUT2D eigenvalue weighted by atomic mass is 10.3. The molecule has 0 aromatic carbocycles. The number of aliphatic carboxylic acids is 1. The van der Waals surface area contributed by atoms with Crippen molar-refractivity contribution in [3.8, 4) is 6.01 Å². The van der Waals surface area contributed by atoms with E-state index in [1.807, 2.05) is 0 Å². The first kappa shape index (κ1) is 11.3. The fraction of sp³-hybridized carbons (Fsp3) is 0.500. The van der Waals surface area contributed by atoms with Gasteiger partial charge >= 0.3 is 17.8 Å². The number of nitro groups is 1. The summed E-state index contributed by atoms with van der Waals surface area (Å²) in [5.74, 6) is -1.38. The van der Waals surface area contributed by atoms with Crippen molar-refractivity contribution < 1.29 is 24.3 Å². The summed E-state index contributed by atoms with van der Waals surface area (Å²) in [6.45, 7) is -0.0228. The number of imidazole rings is 1. The lowest BCUT2D eigenvalue weighted by Gasteiger charge is -2.21. The Kier molecular flexibility index (Phi) is 2.91. The highest BCUT2D eigenvalue weighted by molar-refractivity contribution is 5.68. The maximum absolute atomic E-state index is 10.5. The van der Waals surface area contributed by atoms with Gasteiger partial charge in [-0.15, -0.1) is 0 Å². The number of ether oxygens (including phenoxy) is 2. The van der Waals surface area contributed by atoms with Crippen LogP contribution in [0.2, 0.25) is 0 Å². The van der Waals surface area contributed by atoms with E-state index in [4.69, 9.17) is 14.6 Å². The van der Waals surface area contributed by atoms with Crippen molar-refractivity contribution in [2.45, 2.75) is 12.6 Å². The Morgan fingerprint density at radius 1 is 1.82 bits per heavy atom. The third-order valence-electron chi connectivity index (χ3n) is 2.16. The number of hydrogen-bond donors (Lipinski definition) is 1. The molecular weight excluding hydrogens is 234 g/mol. The van der Waals surface area contributed by atoms with Gasteiger partial charge in [0.25, 0.3) is 0 Å². The van der Waals surface area contributed by atoms with Crippen LogP contribution in [0, 0.1) is 10.1 Å². The zero-order chi connectivity index (χ0) is 12.4. The lowest BCUT2D eigenvalue weighted by Crippen LogP contribution is -2.33. The summed E-state index contributed by atoms with van der Waals surface area (Å²) in [5.41, 5.74) is 0. The molecule has 0 fully saturated rings. The van der Waals surface area contributed by atoms with E-state index in [0.717, 1.165) is 0 Å². The van der Waals surface area contributed by atoms with E-state index in [9.17, 15) is 14.9 Å². The predicted octanol–water partition coefficient (Wildman–Crippen LogP) is -0.347. The third-order valence-corrected chi connectivity index (χ3v) is 2.16. The van der Waals surface area contributed by atoms with Gasteiger partial charge in [-0.25, -0.2) is 4.79 Å².